The van der Waals surface area contributed by atoms with Crippen molar-refractivity contribution in [3.63, 3.8) is 0 Å². The standard InChI is InChI=1S/C15H19NO/c1-17-14-7-4-11-3-5-12-10(8-9-16)2-6-13(14)15(11)12/h4-5,7,10H,2-3,6,8-9,16H2,1H3. The quantitative estimate of drug-likeness (QED) is 0.864. The molecule has 2 nitrogen and oxygen atoms in total. The Balaban J connectivity index is 2.07. The Morgan fingerprint density at radius 3 is 3.06 bits per heavy atom. The first-order valence-electron chi connectivity index (χ1n) is 6.44. The topological polar surface area (TPSA) is 35.2 Å². The molecule has 2 heteroatoms. The van der Waals surface area contributed by atoms with E-state index in [1.807, 2.05) is 0 Å². The second-order valence-electron chi connectivity index (χ2n) is 4.96. The van der Waals surface area contributed by atoms with E-state index in [1.165, 1.54) is 28.7 Å². The van der Waals surface area contributed by atoms with Crippen LogP contribution in [0.4, 0.5) is 0 Å². The van der Waals surface area contributed by atoms with Gasteiger partial charge in [0, 0.05) is 5.56 Å². The first-order valence-corrected chi connectivity index (χ1v) is 6.44. The van der Waals surface area contributed by atoms with Crippen molar-refractivity contribution in [2.45, 2.75) is 25.7 Å². The predicted molar refractivity (Wildman–Crippen MR) is 70.2 cm³/mol. The Bertz CT molecular complexity index is 476. The van der Waals surface area contributed by atoms with Crippen LogP contribution in [0.5, 0.6) is 5.75 Å². The Morgan fingerprint density at radius 1 is 1.41 bits per heavy atom. The maximum atomic E-state index is 5.72. The first kappa shape index (κ1) is 10.8. The average Bonchev–Trinajstić information content (AvgIpc) is 2.79. The molecule has 0 heterocycles. The molecule has 1 aromatic rings. The van der Waals surface area contributed by atoms with Crippen molar-refractivity contribution in [3.05, 3.63) is 34.9 Å². The van der Waals surface area contributed by atoms with Gasteiger partial charge in [-0.15, -0.1) is 0 Å². The van der Waals surface area contributed by atoms with Crippen molar-refractivity contribution in [2.75, 3.05) is 13.7 Å². The third-order valence-corrected chi connectivity index (χ3v) is 4.10. The monoisotopic (exact) mass is 229 g/mol. The van der Waals surface area contributed by atoms with Gasteiger partial charge in [0.2, 0.25) is 0 Å². The Labute approximate surface area is 102 Å². The molecule has 0 saturated heterocycles. The summed E-state index contributed by atoms with van der Waals surface area (Å²) in [7, 11) is 1.77. The van der Waals surface area contributed by atoms with Crippen LogP contribution in [0.1, 0.15) is 29.5 Å². The molecule has 90 valence electrons. The molecule has 0 spiro atoms. The fourth-order valence-corrected chi connectivity index (χ4v) is 3.31. The molecule has 1 atom stereocenters. The lowest BCUT2D eigenvalue weighted by Gasteiger charge is -2.28. The van der Waals surface area contributed by atoms with Gasteiger partial charge < -0.3 is 10.5 Å². The molecule has 0 radical (unpaired) electrons. The summed E-state index contributed by atoms with van der Waals surface area (Å²) in [6.07, 6.45) is 6.95. The molecule has 2 N–H and O–H groups in total. The molecule has 1 aromatic carbocycles. The molecule has 0 fully saturated rings. The lowest BCUT2D eigenvalue weighted by Crippen LogP contribution is -2.17. The molecule has 3 rings (SSSR count). The SMILES string of the molecule is COc1ccc2c3c1CCC(CCN)C3=CC2. The minimum atomic E-state index is 0.667. The predicted octanol–water partition coefficient (Wildman–Crippen LogP) is 2.55. The van der Waals surface area contributed by atoms with Gasteiger partial charge in [-0.05, 0) is 60.9 Å². The molecule has 2 aliphatic rings. The van der Waals surface area contributed by atoms with E-state index in [1.54, 1.807) is 7.11 Å². The summed E-state index contributed by atoms with van der Waals surface area (Å²) >= 11 is 0. The van der Waals surface area contributed by atoms with E-state index in [9.17, 15) is 0 Å². The highest BCUT2D eigenvalue weighted by Crippen LogP contribution is 2.45. The molecule has 0 saturated carbocycles. The normalized spacial score (nSPS) is 21.1. The number of allylic oxidation sites excluding steroid dienone is 2. The summed E-state index contributed by atoms with van der Waals surface area (Å²) in [4.78, 5) is 0. The second-order valence-corrected chi connectivity index (χ2v) is 4.96. The van der Waals surface area contributed by atoms with Crippen LogP contribution in [0.2, 0.25) is 0 Å². The number of nitrogens with two attached hydrogens (primary N) is 1. The van der Waals surface area contributed by atoms with E-state index in [0.717, 1.165) is 31.6 Å². The molecule has 0 amide bonds. The van der Waals surface area contributed by atoms with E-state index in [-0.39, 0.29) is 0 Å². The Morgan fingerprint density at radius 2 is 2.29 bits per heavy atom. The summed E-state index contributed by atoms with van der Waals surface area (Å²) in [5.74, 6) is 1.73. The number of hydrogen-bond donors (Lipinski definition) is 1. The molecule has 2 aliphatic carbocycles. The summed E-state index contributed by atoms with van der Waals surface area (Å²) in [5.41, 5.74) is 11.6. The number of benzene rings is 1. The van der Waals surface area contributed by atoms with Gasteiger partial charge >= 0.3 is 0 Å². The van der Waals surface area contributed by atoms with Crippen LogP contribution in [-0.4, -0.2) is 13.7 Å². The molecule has 0 aromatic heterocycles. The molecular formula is C15H19NO. The van der Waals surface area contributed by atoms with Gasteiger partial charge in [-0.2, -0.15) is 0 Å². The first-order chi connectivity index (χ1) is 8.35. The lowest BCUT2D eigenvalue weighted by atomic mass is 9.78. The lowest BCUT2D eigenvalue weighted by molar-refractivity contribution is 0.405. The van der Waals surface area contributed by atoms with E-state index in [4.69, 9.17) is 10.5 Å². The van der Waals surface area contributed by atoms with Gasteiger partial charge in [0.15, 0.2) is 0 Å². The largest absolute Gasteiger partial charge is 0.496 e. The Kier molecular flexibility index (Phi) is 2.67. The molecule has 0 aliphatic heterocycles. The maximum absolute atomic E-state index is 5.72. The highest BCUT2D eigenvalue weighted by molar-refractivity contribution is 5.79. The van der Waals surface area contributed by atoms with Crippen molar-refractivity contribution in [1.29, 1.82) is 0 Å². The minimum absolute atomic E-state index is 0.667. The number of rotatable bonds is 3. The Hall–Kier alpha value is -1.28. The molecular weight excluding hydrogens is 210 g/mol. The third kappa shape index (κ3) is 1.59. The van der Waals surface area contributed by atoms with E-state index < -0.39 is 0 Å². The fourth-order valence-electron chi connectivity index (χ4n) is 3.31. The number of hydrogen-bond acceptors (Lipinski definition) is 2. The van der Waals surface area contributed by atoms with Gasteiger partial charge in [0.25, 0.3) is 0 Å². The minimum Gasteiger partial charge on any atom is -0.496 e. The van der Waals surface area contributed by atoms with Crippen LogP contribution >= 0.6 is 0 Å². The highest BCUT2D eigenvalue weighted by atomic mass is 16.5. The number of ether oxygens (including phenoxy) is 1. The van der Waals surface area contributed by atoms with E-state index >= 15 is 0 Å². The van der Waals surface area contributed by atoms with Crippen molar-refractivity contribution < 1.29 is 4.74 Å². The zero-order valence-electron chi connectivity index (χ0n) is 10.3. The summed E-state index contributed by atoms with van der Waals surface area (Å²) in [5, 5.41) is 0. The third-order valence-electron chi connectivity index (χ3n) is 4.10. The van der Waals surface area contributed by atoms with Crippen molar-refractivity contribution in [3.8, 4) is 5.75 Å². The van der Waals surface area contributed by atoms with Gasteiger partial charge in [0.1, 0.15) is 5.75 Å². The van der Waals surface area contributed by atoms with Crippen molar-refractivity contribution >= 4 is 5.57 Å². The van der Waals surface area contributed by atoms with E-state index in [0.29, 0.717) is 5.92 Å². The van der Waals surface area contributed by atoms with Gasteiger partial charge in [-0.1, -0.05) is 12.1 Å². The van der Waals surface area contributed by atoms with Crippen LogP contribution in [0.15, 0.2) is 18.2 Å². The molecule has 1 unspecified atom stereocenters. The van der Waals surface area contributed by atoms with E-state index in [2.05, 4.69) is 18.2 Å². The van der Waals surface area contributed by atoms with Crippen LogP contribution < -0.4 is 10.5 Å². The summed E-state index contributed by atoms with van der Waals surface area (Å²) < 4.78 is 5.49. The van der Waals surface area contributed by atoms with Gasteiger partial charge in [-0.25, -0.2) is 0 Å². The van der Waals surface area contributed by atoms with Crippen LogP contribution in [0.25, 0.3) is 5.57 Å². The van der Waals surface area contributed by atoms with Gasteiger partial charge in [0.05, 0.1) is 7.11 Å². The van der Waals surface area contributed by atoms with Crippen LogP contribution in [0.3, 0.4) is 0 Å². The molecule has 0 bridgehead atoms. The van der Waals surface area contributed by atoms with Crippen molar-refractivity contribution in [1.82, 2.24) is 0 Å². The zero-order chi connectivity index (χ0) is 11.8. The summed E-state index contributed by atoms with van der Waals surface area (Å²) in [6.45, 7) is 0.788. The fraction of sp³-hybridized carbons (Fsp3) is 0.467. The second kappa shape index (κ2) is 4.19. The van der Waals surface area contributed by atoms with Crippen LogP contribution in [-0.2, 0) is 12.8 Å². The zero-order valence-corrected chi connectivity index (χ0v) is 10.3. The maximum Gasteiger partial charge on any atom is 0.122 e. The van der Waals surface area contributed by atoms with Crippen molar-refractivity contribution in [2.24, 2.45) is 11.7 Å². The van der Waals surface area contributed by atoms with Gasteiger partial charge in [-0.3, -0.25) is 0 Å². The summed E-state index contributed by atoms with van der Waals surface area (Å²) in [6, 6.07) is 4.33. The van der Waals surface area contributed by atoms with Crippen LogP contribution in [0, 0.1) is 5.92 Å². The molecule has 17 heavy (non-hydrogen) atoms. The average molecular weight is 229 g/mol. The smallest absolute Gasteiger partial charge is 0.122 e. The number of methoxy groups -OCH3 is 1. The highest BCUT2D eigenvalue weighted by Gasteiger charge is 2.30.